The van der Waals surface area contributed by atoms with Crippen LogP contribution < -0.4 is 5.32 Å². The molecule has 1 N–H and O–H groups in total. The minimum absolute atomic E-state index is 0.119. The highest BCUT2D eigenvalue weighted by Crippen LogP contribution is 2.19. The zero-order valence-electron chi connectivity index (χ0n) is 7.40. The largest absolute Gasteiger partial charge is 0.296 e. The second-order valence-electron chi connectivity index (χ2n) is 3.27. The van der Waals surface area contributed by atoms with Crippen LogP contribution in [0.15, 0.2) is 0 Å². The number of hydrogen-bond acceptors (Lipinski definition) is 4. The van der Waals surface area contributed by atoms with Gasteiger partial charge in [0.1, 0.15) is 0 Å². The lowest BCUT2D eigenvalue weighted by atomic mass is 10.00. The molecule has 0 bridgehead atoms. The standard InChI is InChI=1S/C7H11NO4S/c1-4-5(13(2,11)12)3-6(9)8-7(4)10/h4-5H,3H2,1-2H3,(H,8,9,10). The molecule has 0 aromatic rings. The van der Waals surface area contributed by atoms with Gasteiger partial charge in [-0.15, -0.1) is 0 Å². The number of sulfone groups is 1. The van der Waals surface area contributed by atoms with Gasteiger partial charge in [0.05, 0.1) is 11.2 Å². The maximum Gasteiger partial charge on any atom is 0.230 e. The highest BCUT2D eigenvalue weighted by molar-refractivity contribution is 7.91. The molecule has 1 aliphatic heterocycles. The van der Waals surface area contributed by atoms with E-state index in [1.165, 1.54) is 6.92 Å². The lowest BCUT2D eigenvalue weighted by molar-refractivity contribution is -0.135. The minimum atomic E-state index is -3.32. The van der Waals surface area contributed by atoms with Gasteiger partial charge in [0, 0.05) is 12.7 Å². The zero-order chi connectivity index (χ0) is 10.2. The topological polar surface area (TPSA) is 80.3 Å². The third-order valence-electron chi connectivity index (χ3n) is 2.17. The second kappa shape index (κ2) is 3.10. The van der Waals surface area contributed by atoms with E-state index in [9.17, 15) is 18.0 Å². The predicted molar refractivity (Wildman–Crippen MR) is 45.6 cm³/mol. The van der Waals surface area contributed by atoms with Gasteiger partial charge >= 0.3 is 0 Å². The lowest BCUT2D eigenvalue weighted by Gasteiger charge is -2.25. The molecule has 0 saturated carbocycles. The van der Waals surface area contributed by atoms with Gasteiger partial charge in [-0.1, -0.05) is 6.92 Å². The Labute approximate surface area is 76.4 Å². The molecule has 1 rings (SSSR count). The van der Waals surface area contributed by atoms with E-state index in [2.05, 4.69) is 5.32 Å². The van der Waals surface area contributed by atoms with E-state index in [1.54, 1.807) is 0 Å². The number of piperidine rings is 1. The smallest absolute Gasteiger partial charge is 0.230 e. The molecule has 1 aliphatic rings. The van der Waals surface area contributed by atoms with E-state index in [1.807, 2.05) is 0 Å². The molecule has 2 amide bonds. The van der Waals surface area contributed by atoms with Crippen LogP contribution in [-0.4, -0.2) is 31.7 Å². The first kappa shape index (κ1) is 10.2. The molecule has 1 saturated heterocycles. The van der Waals surface area contributed by atoms with E-state index in [-0.39, 0.29) is 6.42 Å². The van der Waals surface area contributed by atoms with Gasteiger partial charge in [-0.3, -0.25) is 14.9 Å². The molecule has 0 aromatic heterocycles. The molecular weight excluding hydrogens is 194 g/mol. The van der Waals surface area contributed by atoms with Crippen molar-refractivity contribution >= 4 is 21.7 Å². The van der Waals surface area contributed by atoms with Crippen molar-refractivity contribution in [1.29, 1.82) is 0 Å². The molecule has 0 radical (unpaired) electrons. The first-order valence-electron chi connectivity index (χ1n) is 3.85. The molecule has 0 spiro atoms. The third-order valence-corrected chi connectivity index (χ3v) is 3.85. The van der Waals surface area contributed by atoms with Crippen LogP contribution in [0, 0.1) is 5.92 Å². The Hall–Kier alpha value is -0.910. The number of rotatable bonds is 1. The Balaban J connectivity index is 2.97. The summed E-state index contributed by atoms with van der Waals surface area (Å²) in [4.78, 5) is 21.9. The van der Waals surface area contributed by atoms with E-state index >= 15 is 0 Å². The van der Waals surface area contributed by atoms with Gasteiger partial charge in [0.2, 0.25) is 11.8 Å². The van der Waals surface area contributed by atoms with Crippen LogP contribution in [0.2, 0.25) is 0 Å². The zero-order valence-corrected chi connectivity index (χ0v) is 8.22. The molecule has 2 atom stereocenters. The van der Waals surface area contributed by atoms with Crippen molar-refractivity contribution in [3.05, 3.63) is 0 Å². The monoisotopic (exact) mass is 205 g/mol. The van der Waals surface area contributed by atoms with Crippen LogP contribution in [0.25, 0.3) is 0 Å². The van der Waals surface area contributed by atoms with Crippen LogP contribution in [0.4, 0.5) is 0 Å². The van der Waals surface area contributed by atoms with Gasteiger partial charge in [-0.25, -0.2) is 8.42 Å². The summed E-state index contributed by atoms with van der Waals surface area (Å²) in [5.41, 5.74) is 0. The number of imide groups is 1. The predicted octanol–water partition coefficient (Wildman–Crippen LogP) is -0.918. The Kier molecular flexibility index (Phi) is 2.42. The number of carbonyl (C=O) groups is 2. The lowest BCUT2D eigenvalue weighted by Crippen LogP contribution is -2.49. The number of amides is 2. The SMILES string of the molecule is CC1C(=O)NC(=O)CC1S(C)(=O)=O. The van der Waals surface area contributed by atoms with Crippen LogP contribution in [0.3, 0.4) is 0 Å². The molecule has 2 unspecified atom stereocenters. The summed E-state index contributed by atoms with van der Waals surface area (Å²) in [5.74, 6) is -1.67. The van der Waals surface area contributed by atoms with Gasteiger partial charge < -0.3 is 0 Å². The van der Waals surface area contributed by atoms with Crippen molar-refractivity contribution in [2.75, 3.05) is 6.26 Å². The van der Waals surface area contributed by atoms with Crippen LogP contribution in [0.1, 0.15) is 13.3 Å². The van der Waals surface area contributed by atoms with Crippen LogP contribution >= 0.6 is 0 Å². The molecule has 74 valence electrons. The number of carbonyl (C=O) groups excluding carboxylic acids is 2. The van der Waals surface area contributed by atoms with Crippen molar-refractivity contribution in [2.45, 2.75) is 18.6 Å². The summed E-state index contributed by atoms with van der Waals surface area (Å²) in [5, 5.41) is 1.22. The summed E-state index contributed by atoms with van der Waals surface area (Å²) in [6.07, 6.45) is 0.922. The fourth-order valence-corrected chi connectivity index (χ4v) is 2.67. The Morgan fingerprint density at radius 2 is 1.92 bits per heavy atom. The summed E-state index contributed by atoms with van der Waals surface area (Å²) in [7, 11) is -3.32. The quantitative estimate of drug-likeness (QED) is 0.561. The Morgan fingerprint density at radius 3 is 2.38 bits per heavy atom. The minimum Gasteiger partial charge on any atom is -0.296 e. The fraction of sp³-hybridized carbons (Fsp3) is 0.714. The van der Waals surface area contributed by atoms with Crippen molar-refractivity contribution in [2.24, 2.45) is 5.92 Å². The van der Waals surface area contributed by atoms with Gasteiger partial charge in [0.15, 0.2) is 9.84 Å². The Bertz CT molecular complexity index is 346. The molecule has 13 heavy (non-hydrogen) atoms. The number of hydrogen-bond donors (Lipinski definition) is 1. The highest BCUT2D eigenvalue weighted by Gasteiger charge is 2.38. The van der Waals surface area contributed by atoms with Crippen LogP contribution in [-0.2, 0) is 19.4 Å². The van der Waals surface area contributed by atoms with Gasteiger partial charge in [0.25, 0.3) is 0 Å². The first-order valence-corrected chi connectivity index (χ1v) is 5.80. The van der Waals surface area contributed by atoms with Crippen molar-refractivity contribution in [3.63, 3.8) is 0 Å². The molecule has 0 aliphatic carbocycles. The van der Waals surface area contributed by atoms with Crippen molar-refractivity contribution in [1.82, 2.24) is 5.32 Å². The Morgan fingerprint density at radius 1 is 1.38 bits per heavy atom. The summed E-state index contributed by atoms with van der Waals surface area (Å²) in [6, 6.07) is 0. The van der Waals surface area contributed by atoms with Crippen molar-refractivity contribution < 1.29 is 18.0 Å². The maximum absolute atomic E-state index is 11.2. The number of nitrogens with one attached hydrogen (secondary N) is 1. The average Bonchev–Trinajstić information content (AvgIpc) is 1.94. The molecule has 0 aromatic carbocycles. The molecule has 1 heterocycles. The third kappa shape index (κ3) is 2.06. The van der Waals surface area contributed by atoms with E-state index in [0.29, 0.717) is 0 Å². The average molecular weight is 205 g/mol. The summed E-state index contributed by atoms with van der Waals surface area (Å²) in [6.45, 7) is 1.51. The van der Waals surface area contributed by atoms with E-state index < -0.39 is 32.8 Å². The van der Waals surface area contributed by atoms with Gasteiger partial charge in [-0.05, 0) is 0 Å². The second-order valence-corrected chi connectivity index (χ2v) is 5.54. The molecule has 5 nitrogen and oxygen atoms in total. The fourth-order valence-electron chi connectivity index (χ4n) is 1.35. The van der Waals surface area contributed by atoms with Crippen LogP contribution in [0.5, 0.6) is 0 Å². The maximum atomic E-state index is 11.2. The first-order chi connectivity index (χ1) is 5.82. The highest BCUT2D eigenvalue weighted by atomic mass is 32.2. The molecule has 1 fully saturated rings. The van der Waals surface area contributed by atoms with Gasteiger partial charge in [-0.2, -0.15) is 0 Å². The summed E-state index contributed by atoms with van der Waals surface area (Å²) >= 11 is 0. The van der Waals surface area contributed by atoms with E-state index in [0.717, 1.165) is 6.26 Å². The normalized spacial score (nSPS) is 30.0. The van der Waals surface area contributed by atoms with Crippen molar-refractivity contribution in [3.8, 4) is 0 Å². The summed E-state index contributed by atoms with van der Waals surface area (Å²) < 4.78 is 22.3. The van der Waals surface area contributed by atoms with E-state index in [4.69, 9.17) is 0 Å². The molecule has 6 heteroatoms. The molecular formula is C7H11NO4S.